The van der Waals surface area contributed by atoms with E-state index in [0.717, 1.165) is 46.2 Å². The Morgan fingerprint density at radius 1 is 1.00 bits per heavy atom. The van der Waals surface area contributed by atoms with Crippen LogP contribution in [0.25, 0.3) is 0 Å². The third-order valence-corrected chi connectivity index (χ3v) is 10.2. The van der Waals surface area contributed by atoms with Crippen molar-refractivity contribution in [2.75, 3.05) is 17.3 Å². The maximum atomic E-state index is 13.9. The zero-order valence-corrected chi connectivity index (χ0v) is 25.0. The lowest BCUT2D eigenvalue weighted by molar-refractivity contribution is -0.137. The van der Waals surface area contributed by atoms with Crippen LogP contribution in [0.15, 0.2) is 82.6 Å². The first kappa shape index (κ1) is 30.0. The molecule has 2 unspecified atom stereocenters. The number of hydrogen-bond donors (Lipinski definition) is 1. The highest BCUT2D eigenvalue weighted by Crippen LogP contribution is 2.54. The zero-order chi connectivity index (χ0) is 31.3. The van der Waals surface area contributed by atoms with Gasteiger partial charge >= 0.3 is 11.0 Å². The van der Waals surface area contributed by atoms with Gasteiger partial charge in [-0.05, 0) is 60.2 Å². The molecule has 0 aliphatic carbocycles. The topological polar surface area (TPSA) is 97.7 Å². The van der Waals surface area contributed by atoms with Gasteiger partial charge in [0.1, 0.15) is 17.5 Å². The van der Waals surface area contributed by atoms with E-state index in [-0.39, 0.29) is 12.2 Å². The van der Waals surface area contributed by atoms with Gasteiger partial charge in [-0.3, -0.25) is 23.7 Å². The van der Waals surface area contributed by atoms with Crippen molar-refractivity contribution in [1.29, 1.82) is 0 Å². The number of ether oxygens (including phenoxy) is 1. The molecule has 3 atom stereocenters. The van der Waals surface area contributed by atoms with Crippen molar-refractivity contribution in [1.82, 2.24) is 4.57 Å². The number of benzene rings is 3. The monoisotopic (exact) mass is 659 g/mol. The van der Waals surface area contributed by atoms with E-state index in [0.29, 0.717) is 31.9 Å². The molecule has 3 aromatic carbocycles. The minimum absolute atomic E-state index is 0.195. The fourth-order valence-corrected chi connectivity index (χ4v) is 8.28. The number of aromatic nitrogens is 1. The van der Waals surface area contributed by atoms with Crippen LogP contribution >= 0.6 is 34.7 Å². The van der Waals surface area contributed by atoms with E-state index in [1.54, 1.807) is 48.5 Å². The predicted octanol–water partition coefficient (Wildman–Crippen LogP) is 6.03. The SMILES string of the molecule is COc1ccc(NC(=O)Cn2c3c(sc2=O)[C@H](c2ccc(Cl)cc2)C2C(=O)N(c4cccc(C(F)(F)F)c4)C(=O)C2S3)cc1. The van der Waals surface area contributed by atoms with Crippen LogP contribution < -0.4 is 19.8 Å². The van der Waals surface area contributed by atoms with Gasteiger partial charge in [-0.2, -0.15) is 13.2 Å². The molecule has 1 saturated heterocycles. The van der Waals surface area contributed by atoms with Crippen LogP contribution in [0, 0.1) is 5.92 Å². The van der Waals surface area contributed by atoms with Crippen molar-refractivity contribution < 1.29 is 32.3 Å². The maximum absolute atomic E-state index is 13.9. The fourth-order valence-electron chi connectivity index (χ4n) is 5.38. The molecule has 0 saturated carbocycles. The summed E-state index contributed by atoms with van der Waals surface area (Å²) in [6.07, 6.45) is -4.68. The van der Waals surface area contributed by atoms with Crippen molar-refractivity contribution in [2.45, 2.75) is 28.9 Å². The number of anilines is 2. The Kier molecular flexibility index (Phi) is 7.80. The number of methoxy groups -OCH3 is 1. The summed E-state index contributed by atoms with van der Waals surface area (Å²) in [5, 5.41) is 2.44. The quantitative estimate of drug-likeness (QED) is 0.254. The molecule has 4 aromatic rings. The van der Waals surface area contributed by atoms with Gasteiger partial charge in [0.05, 0.1) is 29.3 Å². The Morgan fingerprint density at radius 2 is 1.70 bits per heavy atom. The lowest BCUT2D eigenvalue weighted by Crippen LogP contribution is -2.33. The van der Waals surface area contributed by atoms with E-state index < -0.39 is 51.4 Å². The van der Waals surface area contributed by atoms with E-state index in [1.165, 1.54) is 17.7 Å². The molecule has 1 aromatic heterocycles. The molecule has 8 nitrogen and oxygen atoms in total. The molecule has 14 heteroatoms. The molecular formula is C30H21ClF3N3O5S2. The van der Waals surface area contributed by atoms with Crippen molar-refractivity contribution in [3.8, 4) is 5.75 Å². The predicted molar refractivity (Wildman–Crippen MR) is 161 cm³/mol. The number of fused-ring (bicyclic) bond motifs is 2. The van der Waals surface area contributed by atoms with Crippen LogP contribution in [0.4, 0.5) is 24.5 Å². The first-order chi connectivity index (χ1) is 21.0. The number of nitrogens with zero attached hydrogens (tertiary/aromatic N) is 2. The van der Waals surface area contributed by atoms with Crippen LogP contribution in [0.1, 0.15) is 21.9 Å². The number of thiazole rings is 1. The molecule has 2 aliphatic rings. The van der Waals surface area contributed by atoms with Gasteiger partial charge in [0, 0.05) is 21.5 Å². The number of amides is 3. The molecule has 3 heterocycles. The summed E-state index contributed by atoms with van der Waals surface area (Å²) in [6, 6.07) is 17.2. The molecule has 0 bridgehead atoms. The second kappa shape index (κ2) is 11.5. The average molecular weight is 660 g/mol. The number of alkyl halides is 3. The molecule has 6 rings (SSSR count). The summed E-state index contributed by atoms with van der Waals surface area (Å²) in [7, 11) is 1.51. The van der Waals surface area contributed by atoms with Crippen molar-refractivity contribution in [3.05, 3.63) is 103 Å². The summed E-state index contributed by atoms with van der Waals surface area (Å²) in [5.41, 5.74) is -0.121. The molecule has 3 amide bonds. The molecule has 1 fully saturated rings. The number of carbonyl (C=O) groups is 3. The van der Waals surface area contributed by atoms with E-state index in [1.807, 2.05) is 0 Å². The van der Waals surface area contributed by atoms with Crippen LogP contribution in [-0.4, -0.2) is 34.6 Å². The lowest BCUT2D eigenvalue weighted by Gasteiger charge is -2.30. The van der Waals surface area contributed by atoms with Gasteiger partial charge in [0.2, 0.25) is 17.7 Å². The van der Waals surface area contributed by atoms with E-state index in [2.05, 4.69) is 5.32 Å². The van der Waals surface area contributed by atoms with Crippen LogP contribution in [0.2, 0.25) is 5.02 Å². The summed E-state index contributed by atoms with van der Waals surface area (Å²) in [6.45, 7) is -0.367. The minimum atomic E-state index is -4.68. The second-order valence-corrected chi connectivity index (χ2v) is 12.6. The number of rotatable bonds is 6. The summed E-state index contributed by atoms with van der Waals surface area (Å²) in [4.78, 5) is 54.8. The minimum Gasteiger partial charge on any atom is -0.497 e. The van der Waals surface area contributed by atoms with Crippen LogP contribution in [-0.2, 0) is 27.1 Å². The highest BCUT2D eigenvalue weighted by Gasteiger charge is 2.57. The first-order valence-corrected chi connectivity index (χ1v) is 15.2. The second-order valence-electron chi connectivity index (χ2n) is 10.1. The number of halogens is 4. The van der Waals surface area contributed by atoms with E-state index >= 15 is 0 Å². The van der Waals surface area contributed by atoms with Gasteiger partial charge in [-0.15, -0.1) is 0 Å². The zero-order valence-electron chi connectivity index (χ0n) is 22.6. The highest BCUT2D eigenvalue weighted by molar-refractivity contribution is 8.00. The first-order valence-electron chi connectivity index (χ1n) is 13.1. The molecule has 44 heavy (non-hydrogen) atoms. The average Bonchev–Trinajstić information content (AvgIpc) is 3.43. The Labute approximate surface area is 261 Å². The number of carbonyl (C=O) groups excluding carboxylic acids is 3. The van der Waals surface area contributed by atoms with Crippen molar-refractivity contribution in [2.24, 2.45) is 5.92 Å². The number of thioether (sulfide) groups is 1. The van der Waals surface area contributed by atoms with Crippen LogP contribution in [0.3, 0.4) is 0 Å². The van der Waals surface area contributed by atoms with Crippen molar-refractivity contribution >= 4 is 63.8 Å². The normalized spacial score (nSPS) is 19.5. The molecule has 226 valence electrons. The number of nitrogens with one attached hydrogen (secondary N) is 1. The Morgan fingerprint density at radius 3 is 2.36 bits per heavy atom. The van der Waals surface area contributed by atoms with Gasteiger partial charge < -0.3 is 10.1 Å². The molecule has 2 aliphatic heterocycles. The summed E-state index contributed by atoms with van der Waals surface area (Å²) in [5.74, 6) is -3.09. The van der Waals surface area contributed by atoms with Gasteiger partial charge in [-0.25, -0.2) is 4.90 Å². The largest absolute Gasteiger partial charge is 0.497 e. The molecule has 0 spiro atoms. The third kappa shape index (κ3) is 5.39. The smallest absolute Gasteiger partial charge is 0.416 e. The Balaban J connectivity index is 1.39. The standard InChI is InChI=1S/C30H21ClF3N3O5S2/c1-42-20-11-9-18(10-12-20)35-21(38)14-36-28-25(44-29(36)41)22(15-5-7-17(31)8-6-15)23-24(43-28)27(40)37(26(23)39)19-4-2-3-16(13-19)30(32,33)34/h2-13,22-24H,14H2,1H3,(H,35,38)/t22-,23?,24?/m1/s1. The molecule has 1 N–H and O–H groups in total. The van der Waals surface area contributed by atoms with Crippen LogP contribution in [0.5, 0.6) is 5.75 Å². The Bertz CT molecular complexity index is 1840. The third-order valence-electron chi connectivity index (χ3n) is 7.39. The van der Waals surface area contributed by atoms with E-state index in [9.17, 15) is 32.3 Å². The van der Waals surface area contributed by atoms with Gasteiger partial charge in [0.15, 0.2) is 0 Å². The number of imide groups is 1. The summed E-state index contributed by atoms with van der Waals surface area (Å²) < 4.78 is 46.8. The lowest BCUT2D eigenvalue weighted by atomic mass is 9.83. The maximum Gasteiger partial charge on any atom is 0.416 e. The number of hydrogen-bond acceptors (Lipinski definition) is 7. The van der Waals surface area contributed by atoms with Crippen molar-refractivity contribution in [3.63, 3.8) is 0 Å². The molecular weight excluding hydrogens is 639 g/mol. The highest BCUT2D eigenvalue weighted by atomic mass is 35.5. The summed E-state index contributed by atoms with van der Waals surface area (Å²) >= 11 is 7.94. The van der Waals surface area contributed by atoms with Gasteiger partial charge in [0.25, 0.3) is 0 Å². The molecule has 0 radical (unpaired) electrons. The Hall–Kier alpha value is -4.07. The van der Waals surface area contributed by atoms with E-state index in [4.69, 9.17) is 16.3 Å². The van der Waals surface area contributed by atoms with Gasteiger partial charge in [-0.1, -0.05) is 52.9 Å². The fraction of sp³-hybridized carbons (Fsp3) is 0.200.